The van der Waals surface area contributed by atoms with Crippen LogP contribution in [0, 0.1) is 0 Å². The van der Waals surface area contributed by atoms with E-state index in [1.165, 1.54) is 0 Å². The zero-order valence-corrected chi connectivity index (χ0v) is 16.6. The van der Waals surface area contributed by atoms with Crippen LogP contribution in [0.2, 0.25) is 0 Å². The number of nitrogens with two attached hydrogens (primary N) is 1. The van der Waals surface area contributed by atoms with Crippen LogP contribution in [0.1, 0.15) is 0 Å². The second-order valence-corrected chi connectivity index (χ2v) is 7.62. The molecule has 0 spiro atoms. The van der Waals surface area contributed by atoms with Gasteiger partial charge in [0, 0.05) is 16.8 Å². The number of benzene rings is 4. The molecular weight excluding hydrogens is 382 g/mol. The second-order valence-electron chi connectivity index (χ2n) is 7.62. The molecule has 4 N–H and O–H groups in total. The molecule has 0 aliphatic carbocycles. The molecule has 6 aromatic rings. The maximum absolute atomic E-state index is 5.80. The molecule has 2 aromatic heterocycles. The van der Waals surface area contributed by atoms with Crippen LogP contribution in [0.5, 0.6) is 0 Å². The van der Waals surface area contributed by atoms with Gasteiger partial charge >= 0.3 is 0 Å². The number of aromatic nitrogens is 4. The highest BCUT2D eigenvalue weighted by atomic mass is 14.9. The second kappa shape index (κ2) is 6.85. The first-order valence-electron chi connectivity index (χ1n) is 10.1. The highest BCUT2D eigenvalue weighted by Gasteiger charge is 2.09. The molecule has 0 bridgehead atoms. The van der Waals surface area contributed by atoms with Crippen LogP contribution in [0.15, 0.2) is 91.0 Å². The van der Waals surface area contributed by atoms with Gasteiger partial charge < -0.3 is 15.7 Å². The number of nitrogens with zero attached hydrogens (tertiary/aromatic N) is 2. The summed E-state index contributed by atoms with van der Waals surface area (Å²) < 4.78 is 0. The molecule has 0 atom stereocenters. The van der Waals surface area contributed by atoms with Crippen molar-refractivity contribution in [3.8, 4) is 33.9 Å². The van der Waals surface area contributed by atoms with E-state index >= 15 is 0 Å². The number of nitrogen functional groups attached to an aromatic ring is 1. The van der Waals surface area contributed by atoms with Crippen molar-refractivity contribution in [2.45, 2.75) is 0 Å². The molecule has 31 heavy (non-hydrogen) atoms. The van der Waals surface area contributed by atoms with Crippen LogP contribution in [-0.2, 0) is 0 Å². The Morgan fingerprint density at radius 1 is 0.516 bits per heavy atom. The summed E-state index contributed by atoms with van der Waals surface area (Å²) in [6.07, 6.45) is 0. The number of hydrogen-bond donors (Lipinski definition) is 3. The Bertz CT molecular complexity index is 1530. The first-order chi connectivity index (χ1) is 15.2. The zero-order valence-electron chi connectivity index (χ0n) is 16.6. The molecule has 0 amide bonds. The van der Waals surface area contributed by atoms with E-state index in [-0.39, 0.29) is 0 Å². The van der Waals surface area contributed by atoms with Gasteiger partial charge in [-0.1, -0.05) is 42.5 Å². The molecule has 5 heteroatoms. The predicted molar refractivity (Wildman–Crippen MR) is 126 cm³/mol. The van der Waals surface area contributed by atoms with Crippen molar-refractivity contribution in [1.82, 2.24) is 19.9 Å². The van der Waals surface area contributed by atoms with Crippen LogP contribution in [0.4, 0.5) is 5.69 Å². The molecule has 0 radical (unpaired) electrons. The Morgan fingerprint density at radius 2 is 1.00 bits per heavy atom. The summed E-state index contributed by atoms with van der Waals surface area (Å²) >= 11 is 0. The molecule has 2 heterocycles. The maximum atomic E-state index is 5.80. The molecule has 6 rings (SSSR count). The fourth-order valence-corrected chi connectivity index (χ4v) is 3.88. The quantitative estimate of drug-likeness (QED) is 0.317. The number of rotatable bonds is 3. The first kappa shape index (κ1) is 17.5. The molecule has 0 saturated carbocycles. The highest BCUT2D eigenvalue weighted by molar-refractivity contribution is 5.88. The lowest BCUT2D eigenvalue weighted by molar-refractivity contribution is 1.34. The zero-order chi connectivity index (χ0) is 20.8. The van der Waals surface area contributed by atoms with Crippen molar-refractivity contribution in [2.24, 2.45) is 0 Å². The number of imidazole rings is 2. The molecule has 0 aliphatic rings. The third-order valence-corrected chi connectivity index (χ3v) is 5.53. The summed E-state index contributed by atoms with van der Waals surface area (Å²) in [5.74, 6) is 1.71. The number of nitrogens with one attached hydrogen (secondary N) is 2. The number of fused-ring (bicyclic) bond motifs is 2. The first-order valence-corrected chi connectivity index (χ1v) is 10.1. The van der Waals surface area contributed by atoms with Crippen LogP contribution in [0.25, 0.3) is 56.0 Å². The van der Waals surface area contributed by atoms with Crippen molar-refractivity contribution >= 4 is 27.8 Å². The minimum atomic E-state index is 0.742. The van der Waals surface area contributed by atoms with Gasteiger partial charge in [0.15, 0.2) is 0 Å². The minimum Gasteiger partial charge on any atom is -0.399 e. The Hall–Kier alpha value is -4.38. The Labute approximate surface area is 178 Å². The molecule has 0 fully saturated rings. The van der Waals surface area contributed by atoms with Gasteiger partial charge in [0.2, 0.25) is 0 Å². The third-order valence-electron chi connectivity index (χ3n) is 5.53. The Balaban J connectivity index is 1.39. The molecule has 0 aliphatic heterocycles. The van der Waals surface area contributed by atoms with Gasteiger partial charge in [0.1, 0.15) is 11.6 Å². The molecule has 5 nitrogen and oxygen atoms in total. The molecule has 148 valence electrons. The lowest BCUT2D eigenvalue weighted by Gasteiger charge is -2.01. The van der Waals surface area contributed by atoms with Gasteiger partial charge in [-0.2, -0.15) is 0 Å². The number of anilines is 1. The van der Waals surface area contributed by atoms with Gasteiger partial charge in [0.05, 0.1) is 22.1 Å². The third kappa shape index (κ3) is 3.13. The topological polar surface area (TPSA) is 83.4 Å². The van der Waals surface area contributed by atoms with Crippen molar-refractivity contribution in [2.75, 3.05) is 5.73 Å². The summed E-state index contributed by atoms with van der Waals surface area (Å²) in [6.45, 7) is 0. The minimum absolute atomic E-state index is 0.742. The van der Waals surface area contributed by atoms with E-state index < -0.39 is 0 Å². The average molecular weight is 401 g/mol. The van der Waals surface area contributed by atoms with Crippen LogP contribution < -0.4 is 5.73 Å². The summed E-state index contributed by atoms with van der Waals surface area (Å²) in [5.41, 5.74) is 14.7. The van der Waals surface area contributed by atoms with Crippen LogP contribution in [0.3, 0.4) is 0 Å². The molecular formula is C26H19N5. The van der Waals surface area contributed by atoms with Gasteiger partial charge in [-0.15, -0.1) is 0 Å². The molecule has 4 aromatic carbocycles. The van der Waals surface area contributed by atoms with Crippen molar-refractivity contribution < 1.29 is 0 Å². The lowest BCUT2D eigenvalue weighted by atomic mass is 10.0. The van der Waals surface area contributed by atoms with Gasteiger partial charge in [0.25, 0.3) is 0 Å². The lowest BCUT2D eigenvalue weighted by Crippen LogP contribution is -1.84. The standard InChI is InChI=1S/C26H19N5/c27-20-10-6-17(7-11-20)26-29-22-13-9-19(15-24(22)31-26)18-8-12-21-23(14-18)30-25(28-21)16-4-2-1-3-5-16/h1-15H,27H2,(H,28,30)(H,29,31). The average Bonchev–Trinajstić information content (AvgIpc) is 3.43. The largest absolute Gasteiger partial charge is 0.399 e. The maximum Gasteiger partial charge on any atom is 0.138 e. The van der Waals surface area contributed by atoms with Crippen LogP contribution >= 0.6 is 0 Å². The fraction of sp³-hybridized carbons (Fsp3) is 0. The van der Waals surface area contributed by atoms with E-state index in [1.54, 1.807) is 0 Å². The van der Waals surface area contributed by atoms with Gasteiger partial charge in [-0.3, -0.25) is 0 Å². The Morgan fingerprint density at radius 3 is 1.55 bits per heavy atom. The summed E-state index contributed by atoms with van der Waals surface area (Å²) in [7, 11) is 0. The van der Waals surface area contributed by atoms with Gasteiger partial charge in [-0.05, 0) is 59.7 Å². The number of H-pyrrole nitrogens is 2. The predicted octanol–water partition coefficient (Wildman–Crippen LogP) is 6.02. The smallest absolute Gasteiger partial charge is 0.138 e. The number of hydrogen-bond acceptors (Lipinski definition) is 3. The van der Waals surface area contributed by atoms with E-state index in [0.717, 1.165) is 61.7 Å². The van der Waals surface area contributed by atoms with Crippen molar-refractivity contribution in [3.63, 3.8) is 0 Å². The Kier molecular flexibility index (Phi) is 3.86. The van der Waals surface area contributed by atoms with Crippen LogP contribution in [-0.4, -0.2) is 19.9 Å². The SMILES string of the molecule is Nc1ccc(-c2nc3cc(-c4ccc5[nH]c(-c6ccccc6)nc5c4)ccc3[nH]2)cc1. The fourth-order valence-electron chi connectivity index (χ4n) is 3.88. The van der Waals surface area contributed by atoms with E-state index in [1.807, 2.05) is 42.5 Å². The van der Waals surface area contributed by atoms with Crippen molar-refractivity contribution in [3.05, 3.63) is 91.0 Å². The normalized spacial score (nSPS) is 11.4. The van der Waals surface area contributed by atoms with E-state index in [2.05, 4.69) is 58.5 Å². The van der Waals surface area contributed by atoms with Crippen molar-refractivity contribution in [1.29, 1.82) is 0 Å². The summed E-state index contributed by atoms with van der Waals surface area (Å²) in [6, 6.07) is 30.5. The monoisotopic (exact) mass is 401 g/mol. The van der Waals surface area contributed by atoms with E-state index in [9.17, 15) is 0 Å². The summed E-state index contributed by atoms with van der Waals surface area (Å²) in [4.78, 5) is 16.4. The molecule has 0 saturated heterocycles. The summed E-state index contributed by atoms with van der Waals surface area (Å²) in [5, 5.41) is 0. The van der Waals surface area contributed by atoms with Gasteiger partial charge in [-0.25, -0.2) is 9.97 Å². The number of aromatic amines is 2. The van der Waals surface area contributed by atoms with E-state index in [0.29, 0.717) is 0 Å². The van der Waals surface area contributed by atoms with E-state index in [4.69, 9.17) is 15.7 Å². The molecule has 0 unspecified atom stereocenters. The highest BCUT2D eigenvalue weighted by Crippen LogP contribution is 2.29.